The van der Waals surface area contributed by atoms with Gasteiger partial charge in [0.15, 0.2) is 5.78 Å². The van der Waals surface area contributed by atoms with Gasteiger partial charge in [-0.2, -0.15) is 0 Å². The van der Waals surface area contributed by atoms with E-state index in [4.69, 9.17) is 0 Å². The fourth-order valence-electron chi connectivity index (χ4n) is 1.87. The zero-order chi connectivity index (χ0) is 7.84. The zero-order valence-electron chi connectivity index (χ0n) is 6.76. The molecule has 2 rings (SSSR count). The van der Waals surface area contributed by atoms with Gasteiger partial charge in [0.1, 0.15) is 0 Å². The Hall–Kier alpha value is -0.850. The largest absolute Gasteiger partial charge is 0.294 e. The summed E-state index contributed by atoms with van der Waals surface area (Å²) in [7, 11) is 0. The number of hydrogen-bond donors (Lipinski definition) is 0. The highest BCUT2D eigenvalue weighted by Gasteiger charge is 2.30. The van der Waals surface area contributed by atoms with Crippen molar-refractivity contribution < 1.29 is 4.79 Å². The zero-order valence-corrected chi connectivity index (χ0v) is 6.76. The molecule has 1 fully saturated rings. The molecule has 0 aromatic carbocycles. The van der Waals surface area contributed by atoms with Crippen LogP contribution in [0, 0.1) is 5.92 Å². The maximum Gasteiger partial charge on any atom is 0.165 e. The van der Waals surface area contributed by atoms with E-state index in [1.54, 1.807) is 0 Å². The Morgan fingerprint density at radius 3 is 2.82 bits per heavy atom. The average Bonchev–Trinajstić information content (AvgIpc) is 2.30. The second-order valence-corrected chi connectivity index (χ2v) is 3.39. The smallest absolute Gasteiger partial charge is 0.165 e. The van der Waals surface area contributed by atoms with Crippen LogP contribution >= 0.6 is 0 Å². The van der Waals surface area contributed by atoms with E-state index in [0.29, 0.717) is 5.78 Å². The number of rotatable bonds is 0. The monoisotopic (exact) mass is 148 g/mol. The van der Waals surface area contributed by atoms with Gasteiger partial charge < -0.3 is 0 Å². The lowest BCUT2D eigenvalue weighted by molar-refractivity contribution is -0.117. The molecule has 1 heteroatoms. The number of hydrogen-bond acceptors (Lipinski definition) is 1. The molecule has 0 radical (unpaired) electrons. The number of allylic oxidation sites excluding steroid dienone is 4. The number of carbonyl (C=O) groups excluding carboxylic acids is 1. The molecule has 1 nitrogen and oxygen atoms in total. The second kappa shape index (κ2) is 2.33. The number of ketones is 1. The van der Waals surface area contributed by atoms with Gasteiger partial charge in [-0.15, -0.1) is 0 Å². The second-order valence-electron chi connectivity index (χ2n) is 3.39. The first-order valence-electron chi connectivity index (χ1n) is 4.23. The van der Waals surface area contributed by atoms with Crippen molar-refractivity contribution in [2.45, 2.75) is 26.2 Å². The first-order chi connectivity index (χ1) is 5.29. The van der Waals surface area contributed by atoms with Crippen LogP contribution in [0.5, 0.6) is 0 Å². The van der Waals surface area contributed by atoms with Crippen LogP contribution in [0.2, 0.25) is 0 Å². The molecule has 11 heavy (non-hydrogen) atoms. The van der Waals surface area contributed by atoms with E-state index in [-0.39, 0.29) is 5.92 Å². The van der Waals surface area contributed by atoms with Gasteiger partial charge >= 0.3 is 0 Å². The number of Topliss-reactive ketones (excluding diaryl/α,β-unsaturated/α-hetero) is 1. The highest BCUT2D eigenvalue weighted by atomic mass is 16.1. The maximum absolute atomic E-state index is 11.4. The third-order valence-electron chi connectivity index (χ3n) is 2.49. The first kappa shape index (κ1) is 6.84. The van der Waals surface area contributed by atoms with Crippen molar-refractivity contribution in [2.75, 3.05) is 0 Å². The summed E-state index contributed by atoms with van der Waals surface area (Å²) in [6.45, 7) is 2.02. The van der Waals surface area contributed by atoms with Gasteiger partial charge in [0, 0.05) is 11.5 Å². The van der Waals surface area contributed by atoms with Crippen molar-refractivity contribution >= 4 is 5.78 Å². The predicted molar refractivity (Wildman–Crippen MR) is 44.2 cm³/mol. The highest BCUT2D eigenvalue weighted by Crippen LogP contribution is 2.34. The topological polar surface area (TPSA) is 17.1 Å². The van der Waals surface area contributed by atoms with Crippen molar-refractivity contribution in [3.05, 3.63) is 23.3 Å². The van der Waals surface area contributed by atoms with Crippen LogP contribution in [0.1, 0.15) is 26.2 Å². The third-order valence-corrected chi connectivity index (χ3v) is 2.49. The minimum atomic E-state index is 0.241. The lowest BCUT2D eigenvalue weighted by Gasteiger charge is -2.04. The molecule has 2 aliphatic carbocycles. The molecule has 0 aliphatic heterocycles. The third kappa shape index (κ3) is 0.953. The number of fused-ring (bicyclic) bond motifs is 1. The van der Waals surface area contributed by atoms with Gasteiger partial charge in [-0.25, -0.2) is 0 Å². The molecule has 0 aromatic heterocycles. The quantitative estimate of drug-likeness (QED) is 0.515. The van der Waals surface area contributed by atoms with Crippen LogP contribution in [-0.4, -0.2) is 5.78 Å². The molecule has 1 atom stereocenters. The lowest BCUT2D eigenvalue weighted by Crippen LogP contribution is -2.02. The highest BCUT2D eigenvalue weighted by molar-refractivity contribution is 6.04. The predicted octanol–water partition coefficient (Wildman–Crippen LogP) is 2.24. The molecule has 58 valence electrons. The Kier molecular flexibility index (Phi) is 1.45. The van der Waals surface area contributed by atoms with Crippen molar-refractivity contribution in [3.63, 3.8) is 0 Å². The molecule has 0 bridgehead atoms. The average molecular weight is 148 g/mol. The summed E-state index contributed by atoms with van der Waals surface area (Å²) in [4.78, 5) is 11.4. The molecule has 0 amide bonds. The van der Waals surface area contributed by atoms with Crippen LogP contribution in [0.3, 0.4) is 0 Å². The van der Waals surface area contributed by atoms with E-state index in [9.17, 15) is 4.79 Å². The normalized spacial score (nSPS) is 29.5. The van der Waals surface area contributed by atoms with E-state index in [1.165, 1.54) is 5.57 Å². The van der Waals surface area contributed by atoms with Crippen LogP contribution in [0.4, 0.5) is 0 Å². The molecule has 0 saturated heterocycles. The van der Waals surface area contributed by atoms with E-state index >= 15 is 0 Å². The Balaban J connectivity index is 2.39. The van der Waals surface area contributed by atoms with Gasteiger partial charge in [0.2, 0.25) is 0 Å². The van der Waals surface area contributed by atoms with Crippen molar-refractivity contribution in [2.24, 2.45) is 5.92 Å². The van der Waals surface area contributed by atoms with E-state index in [0.717, 1.165) is 24.8 Å². The molecule has 0 N–H and O–H groups in total. The van der Waals surface area contributed by atoms with Crippen LogP contribution < -0.4 is 0 Å². The molecular formula is C10H12O. The van der Waals surface area contributed by atoms with E-state index in [1.807, 2.05) is 6.92 Å². The molecule has 0 heterocycles. The summed E-state index contributed by atoms with van der Waals surface area (Å²) >= 11 is 0. The summed E-state index contributed by atoms with van der Waals surface area (Å²) in [5.41, 5.74) is 2.32. The maximum atomic E-state index is 11.4. The van der Waals surface area contributed by atoms with Crippen molar-refractivity contribution in [1.82, 2.24) is 0 Å². The SMILES string of the molecule is CC1CC2=CCCC=C2C1=O. The Morgan fingerprint density at radius 2 is 2.09 bits per heavy atom. The van der Waals surface area contributed by atoms with Gasteiger partial charge in [-0.05, 0) is 24.8 Å². The van der Waals surface area contributed by atoms with Crippen LogP contribution in [0.25, 0.3) is 0 Å². The molecule has 0 aromatic rings. The van der Waals surface area contributed by atoms with E-state index in [2.05, 4.69) is 12.2 Å². The summed E-state index contributed by atoms with van der Waals surface area (Å²) < 4.78 is 0. The minimum Gasteiger partial charge on any atom is -0.294 e. The number of carbonyl (C=O) groups is 1. The Labute approximate surface area is 66.8 Å². The first-order valence-corrected chi connectivity index (χ1v) is 4.23. The molecular weight excluding hydrogens is 136 g/mol. The van der Waals surface area contributed by atoms with Gasteiger partial charge in [-0.3, -0.25) is 4.79 Å². The standard InChI is InChI=1S/C10H12O/c1-7-6-8-4-2-3-5-9(8)10(7)11/h4-5,7H,2-3,6H2,1H3. The Morgan fingerprint density at radius 1 is 1.36 bits per heavy atom. The van der Waals surface area contributed by atoms with Crippen LogP contribution in [-0.2, 0) is 4.79 Å². The van der Waals surface area contributed by atoms with E-state index < -0.39 is 0 Å². The molecule has 2 aliphatic rings. The lowest BCUT2D eigenvalue weighted by atomic mass is 10.0. The van der Waals surface area contributed by atoms with Crippen LogP contribution in [0.15, 0.2) is 23.3 Å². The summed E-state index contributed by atoms with van der Waals surface area (Å²) in [5, 5.41) is 0. The fraction of sp³-hybridized carbons (Fsp3) is 0.500. The van der Waals surface area contributed by atoms with Crippen molar-refractivity contribution in [1.29, 1.82) is 0 Å². The summed E-state index contributed by atoms with van der Waals surface area (Å²) in [5.74, 6) is 0.599. The fourth-order valence-corrected chi connectivity index (χ4v) is 1.87. The molecule has 1 saturated carbocycles. The molecule has 0 spiro atoms. The van der Waals surface area contributed by atoms with Crippen molar-refractivity contribution in [3.8, 4) is 0 Å². The minimum absolute atomic E-state index is 0.241. The van der Waals surface area contributed by atoms with Gasteiger partial charge in [0.05, 0.1) is 0 Å². The van der Waals surface area contributed by atoms with Gasteiger partial charge in [-0.1, -0.05) is 19.1 Å². The Bertz CT molecular complexity index is 258. The summed E-state index contributed by atoms with van der Waals surface area (Å²) in [6.07, 6.45) is 7.47. The van der Waals surface area contributed by atoms with Gasteiger partial charge in [0.25, 0.3) is 0 Å². The summed E-state index contributed by atoms with van der Waals surface area (Å²) in [6, 6.07) is 0. The molecule has 1 unspecified atom stereocenters.